The summed E-state index contributed by atoms with van der Waals surface area (Å²) in [5.74, 6) is 0.651. The molecule has 0 aromatic heterocycles. The Kier molecular flexibility index (Phi) is 6.06. The molecule has 0 aromatic rings. The van der Waals surface area contributed by atoms with E-state index in [1.807, 2.05) is 6.61 Å². The normalized spacial score (nSPS) is 10.7. The Bertz CT molecular complexity index is 50.5. The molecule has 1 radical (unpaired) electrons. The highest BCUT2D eigenvalue weighted by Gasteiger charge is 1.91. The van der Waals surface area contributed by atoms with Gasteiger partial charge in [0.2, 0.25) is 0 Å². The van der Waals surface area contributed by atoms with Gasteiger partial charge in [0, 0.05) is 6.61 Å². The number of unbranched alkanes of at least 4 members (excludes halogenated alkanes) is 1. The largest absolute Gasteiger partial charge is 0.375 e. The molecule has 55 valence electrons. The van der Waals surface area contributed by atoms with Gasteiger partial charge in [-0.3, -0.25) is 0 Å². The second-order valence-corrected chi connectivity index (χ2v) is 2.68. The van der Waals surface area contributed by atoms with E-state index in [1.54, 1.807) is 0 Å². The summed E-state index contributed by atoms with van der Waals surface area (Å²) in [6.07, 6.45) is 2.25. The number of hydrogen-bond donors (Lipinski definition) is 0. The first-order valence-electron chi connectivity index (χ1n) is 3.70. The van der Waals surface area contributed by atoms with Crippen molar-refractivity contribution in [3.63, 3.8) is 0 Å². The highest BCUT2D eigenvalue weighted by atomic mass is 16.5. The molecule has 0 aromatic carbocycles. The van der Waals surface area contributed by atoms with Crippen LogP contribution in [0, 0.1) is 12.5 Å². The molecule has 0 atom stereocenters. The van der Waals surface area contributed by atoms with Gasteiger partial charge in [-0.1, -0.05) is 27.2 Å². The van der Waals surface area contributed by atoms with Gasteiger partial charge < -0.3 is 4.74 Å². The average Bonchev–Trinajstić information content (AvgIpc) is 1.80. The quantitative estimate of drug-likeness (QED) is 0.518. The molecule has 0 rings (SSSR count). The third-order valence-electron chi connectivity index (χ3n) is 0.954. The van der Waals surface area contributed by atoms with E-state index in [1.165, 1.54) is 6.42 Å². The topological polar surface area (TPSA) is 9.23 Å². The second kappa shape index (κ2) is 6.09. The first-order valence-corrected chi connectivity index (χ1v) is 3.70. The average molecular weight is 129 g/mol. The van der Waals surface area contributed by atoms with Crippen LogP contribution in [-0.4, -0.2) is 6.61 Å². The van der Waals surface area contributed by atoms with Crippen LogP contribution in [0.25, 0.3) is 0 Å². The van der Waals surface area contributed by atoms with E-state index in [2.05, 4.69) is 20.8 Å². The SMILES string of the molecule is CCC[CH]OCC(C)C. The molecule has 0 N–H and O–H groups in total. The van der Waals surface area contributed by atoms with Crippen molar-refractivity contribution in [2.75, 3.05) is 6.61 Å². The van der Waals surface area contributed by atoms with Crippen LogP contribution in [0.5, 0.6) is 0 Å². The van der Waals surface area contributed by atoms with E-state index in [9.17, 15) is 0 Å². The molecular formula is C8H17O. The van der Waals surface area contributed by atoms with Crippen molar-refractivity contribution in [3.8, 4) is 0 Å². The van der Waals surface area contributed by atoms with E-state index in [4.69, 9.17) is 4.74 Å². The molecule has 9 heavy (non-hydrogen) atoms. The van der Waals surface area contributed by atoms with Crippen LogP contribution >= 0.6 is 0 Å². The predicted molar refractivity (Wildman–Crippen MR) is 40.0 cm³/mol. The summed E-state index contributed by atoms with van der Waals surface area (Å²) in [5, 5.41) is 0. The maximum Gasteiger partial charge on any atom is 0.0836 e. The minimum atomic E-state index is 0.651. The molecule has 1 heteroatoms. The van der Waals surface area contributed by atoms with Gasteiger partial charge in [0.15, 0.2) is 0 Å². The van der Waals surface area contributed by atoms with Crippen LogP contribution in [0.1, 0.15) is 33.6 Å². The molecule has 0 aliphatic carbocycles. The first kappa shape index (κ1) is 8.96. The summed E-state index contributed by atoms with van der Waals surface area (Å²) in [6, 6.07) is 0. The van der Waals surface area contributed by atoms with Gasteiger partial charge in [-0.2, -0.15) is 0 Å². The third kappa shape index (κ3) is 7.96. The van der Waals surface area contributed by atoms with Crippen LogP contribution in [0.2, 0.25) is 0 Å². The fourth-order valence-corrected chi connectivity index (χ4v) is 0.462. The van der Waals surface area contributed by atoms with Crippen molar-refractivity contribution < 1.29 is 4.74 Å². The predicted octanol–water partition coefficient (Wildman–Crippen LogP) is 2.62. The monoisotopic (exact) mass is 129 g/mol. The molecule has 0 saturated heterocycles. The van der Waals surface area contributed by atoms with Crippen molar-refractivity contribution in [2.45, 2.75) is 33.6 Å². The van der Waals surface area contributed by atoms with Gasteiger partial charge >= 0.3 is 0 Å². The molecular weight excluding hydrogens is 112 g/mol. The zero-order chi connectivity index (χ0) is 7.11. The smallest absolute Gasteiger partial charge is 0.0836 e. The fraction of sp³-hybridized carbons (Fsp3) is 0.875. The molecule has 0 aliphatic heterocycles. The maximum absolute atomic E-state index is 5.21. The number of hydrogen-bond acceptors (Lipinski definition) is 1. The van der Waals surface area contributed by atoms with Crippen LogP contribution < -0.4 is 0 Å². The lowest BCUT2D eigenvalue weighted by Gasteiger charge is -2.03. The first-order chi connectivity index (χ1) is 4.27. The highest BCUT2D eigenvalue weighted by Crippen LogP contribution is 1.98. The van der Waals surface area contributed by atoms with Gasteiger partial charge in [-0.15, -0.1) is 0 Å². The molecule has 0 heterocycles. The second-order valence-electron chi connectivity index (χ2n) is 2.68. The van der Waals surface area contributed by atoms with Crippen molar-refractivity contribution in [1.82, 2.24) is 0 Å². The summed E-state index contributed by atoms with van der Waals surface area (Å²) in [6.45, 7) is 9.22. The molecule has 0 unspecified atom stereocenters. The van der Waals surface area contributed by atoms with Gasteiger partial charge in [0.25, 0.3) is 0 Å². The summed E-state index contributed by atoms with van der Waals surface area (Å²) in [7, 11) is 0. The minimum Gasteiger partial charge on any atom is -0.375 e. The van der Waals surface area contributed by atoms with E-state index in [0.29, 0.717) is 5.92 Å². The van der Waals surface area contributed by atoms with Gasteiger partial charge in [-0.25, -0.2) is 0 Å². The lowest BCUT2D eigenvalue weighted by atomic mass is 10.2. The van der Waals surface area contributed by atoms with E-state index in [0.717, 1.165) is 13.0 Å². The Balaban J connectivity index is 2.75. The standard InChI is InChI=1S/C8H17O/c1-4-5-6-9-7-8(2)3/h6,8H,4-5,7H2,1-3H3. The fourth-order valence-electron chi connectivity index (χ4n) is 0.462. The summed E-state index contributed by atoms with van der Waals surface area (Å²) in [4.78, 5) is 0. The van der Waals surface area contributed by atoms with E-state index >= 15 is 0 Å². The Morgan fingerprint density at radius 3 is 2.56 bits per heavy atom. The molecule has 1 nitrogen and oxygen atoms in total. The Labute approximate surface area is 58.4 Å². The number of rotatable bonds is 5. The minimum absolute atomic E-state index is 0.651. The molecule has 0 bridgehead atoms. The van der Waals surface area contributed by atoms with Crippen molar-refractivity contribution >= 4 is 0 Å². The summed E-state index contributed by atoms with van der Waals surface area (Å²) in [5.41, 5.74) is 0. The van der Waals surface area contributed by atoms with Crippen LogP contribution in [0.15, 0.2) is 0 Å². The molecule has 0 saturated carbocycles. The third-order valence-corrected chi connectivity index (χ3v) is 0.954. The lowest BCUT2D eigenvalue weighted by Crippen LogP contribution is -1.98. The van der Waals surface area contributed by atoms with Crippen molar-refractivity contribution in [1.29, 1.82) is 0 Å². The van der Waals surface area contributed by atoms with Crippen LogP contribution in [0.3, 0.4) is 0 Å². The Hall–Kier alpha value is -0.0400. The van der Waals surface area contributed by atoms with Crippen LogP contribution in [-0.2, 0) is 4.74 Å². The van der Waals surface area contributed by atoms with Crippen molar-refractivity contribution in [2.24, 2.45) is 5.92 Å². The molecule has 0 amide bonds. The summed E-state index contributed by atoms with van der Waals surface area (Å²) < 4.78 is 5.21. The van der Waals surface area contributed by atoms with Gasteiger partial charge in [0.05, 0.1) is 6.61 Å². The molecule has 0 fully saturated rings. The zero-order valence-corrected chi connectivity index (χ0v) is 6.68. The van der Waals surface area contributed by atoms with Crippen LogP contribution in [0.4, 0.5) is 0 Å². The summed E-state index contributed by atoms with van der Waals surface area (Å²) >= 11 is 0. The Morgan fingerprint density at radius 1 is 1.44 bits per heavy atom. The lowest BCUT2D eigenvalue weighted by molar-refractivity contribution is 0.161. The van der Waals surface area contributed by atoms with Crippen molar-refractivity contribution in [3.05, 3.63) is 6.61 Å². The van der Waals surface area contributed by atoms with Gasteiger partial charge in [-0.05, 0) is 12.3 Å². The molecule has 0 aliphatic rings. The van der Waals surface area contributed by atoms with E-state index in [-0.39, 0.29) is 0 Å². The highest BCUT2D eigenvalue weighted by molar-refractivity contribution is 4.49. The zero-order valence-electron chi connectivity index (χ0n) is 6.68. The number of ether oxygens (including phenoxy) is 1. The van der Waals surface area contributed by atoms with E-state index < -0.39 is 0 Å². The molecule has 0 spiro atoms. The van der Waals surface area contributed by atoms with Gasteiger partial charge in [0.1, 0.15) is 0 Å². The maximum atomic E-state index is 5.21. The Morgan fingerprint density at radius 2 is 2.11 bits per heavy atom.